The summed E-state index contributed by atoms with van der Waals surface area (Å²) in [6, 6.07) is 5.96. The van der Waals surface area contributed by atoms with E-state index in [1.807, 2.05) is 19.1 Å². The van der Waals surface area contributed by atoms with Crippen LogP contribution in [0.5, 0.6) is 0 Å². The summed E-state index contributed by atoms with van der Waals surface area (Å²) in [4.78, 5) is 17.8. The van der Waals surface area contributed by atoms with E-state index < -0.39 is 0 Å². The predicted molar refractivity (Wildman–Crippen MR) is 86.4 cm³/mol. The highest BCUT2D eigenvalue weighted by Crippen LogP contribution is 2.33. The number of carbonyl (C=O) groups is 1. The number of tetrazole rings is 1. The number of benzene rings is 1. The van der Waals surface area contributed by atoms with Crippen LogP contribution in [0.3, 0.4) is 0 Å². The Morgan fingerprint density at radius 2 is 2.32 bits per heavy atom. The molecule has 2 heterocycles. The molecule has 25 heavy (non-hydrogen) atoms. The fourth-order valence-electron chi connectivity index (χ4n) is 3.02. The fourth-order valence-corrected chi connectivity index (χ4v) is 3.02. The van der Waals surface area contributed by atoms with Crippen molar-refractivity contribution < 1.29 is 9.32 Å². The van der Waals surface area contributed by atoms with Crippen LogP contribution in [0.4, 0.5) is 0 Å². The number of fused-ring (bicyclic) bond motifs is 1. The SMILES string of the molecule is CCc1nc(-c2ccc3c(c2)CCC3NC(=O)c2nnn(C)n2)no1. The van der Waals surface area contributed by atoms with Crippen LogP contribution < -0.4 is 5.32 Å². The zero-order valence-electron chi connectivity index (χ0n) is 13.9. The first kappa shape index (κ1) is 15.4. The highest BCUT2D eigenvalue weighted by atomic mass is 16.5. The van der Waals surface area contributed by atoms with Crippen LogP contribution in [0.15, 0.2) is 22.7 Å². The van der Waals surface area contributed by atoms with E-state index in [-0.39, 0.29) is 17.8 Å². The summed E-state index contributed by atoms with van der Waals surface area (Å²) in [6.07, 6.45) is 2.42. The lowest BCUT2D eigenvalue weighted by atomic mass is 10.0. The van der Waals surface area contributed by atoms with E-state index in [0.29, 0.717) is 18.1 Å². The Morgan fingerprint density at radius 3 is 3.04 bits per heavy atom. The molecule has 0 saturated heterocycles. The third-order valence-electron chi connectivity index (χ3n) is 4.27. The minimum Gasteiger partial charge on any atom is -0.342 e. The van der Waals surface area contributed by atoms with Crippen molar-refractivity contribution in [3.05, 3.63) is 41.0 Å². The minimum atomic E-state index is -0.319. The number of amides is 1. The van der Waals surface area contributed by atoms with Gasteiger partial charge < -0.3 is 9.84 Å². The second-order valence-electron chi connectivity index (χ2n) is 5.95. The van der Waals surface area contributed by atoms with E-state index in [4.69, 9.17) is 4.52 Å². The Balaban J connectivity index is 1.54. The fraction of sp³-hybridized carbons (Fsp3) is 0.375. The lowest BCUT2D eigenvalue weighted by Crippen LogP contribution is -2.28. The van der Waals surface area contributed by atoms with Crippen LogP contribution in [-0.2, 0) is 19.9 Å². The lowest BCUT2D eigenvalue weighted by molar-refractivity contribution is 0.0926. The van der Waals surface area contributed by atoms with Crippen LogP contribution in [-0.4, -0.2) is 36.3 Å². The molecule has 2 aromatic heterocycles. The topological polar surface area (TPSA) is 112 Å². The summed E-state index contributed by atoms with van der Waals surface area (Å²) in [5.41, 5.74) is 3.20. The number of hydrogen-bond acceptors (Lipinski definition) is 7. The van der Waals surface area contributed by atoms with E-state index in [0.717, 1.165) is 24.0 Å². The average molecular weight is 339 g/mol. The first-order valence-electron chi connectivity index (χ1n) is 8.14. The predicted octanol–water partition coefficient (Wildman–Crippen LogP) is 1.24. The molecule has 3 aromatic rings. The van der Waals surface area contributed by atoms with Crippen molar-refractivity contribution in [1.29, 1.82) is 0 Å². The van der Waals surface area contributed by atoms with Crippen LogP contribution in [0.25, 0.3) is 11.4 Å². The Kier molecular flexibility index (Phi) is 3.75. The van der Waals surface area contributed by atoms with Gasteiger partial charge in [0.2, 0.25) is 11.7 Å². The molecule has 4 rings (SSSR count). The number of nitrogens with one attached hydrogen (secondary N) is 1. The van der Waals surface area contributed by atoms with Crippen molar-refractivity contribution >= 4 is 5.91 Å². The van der Waals surface area contributed by atoms with Crippen molar-refractivity contribution in [3.8, 4) is 11.4 Å². The minimum absolute atomic E-state index is 0.0585. The van der Waals surface area contributed by atoms with Crippen LogP contribution in [0.2, 0.25) is 0 Å². The largest absolute Gasteiger partial charge is 0.342 e. The molecule has 1 aliphatic carbocycles. The molecule has 1 N–H and O–H groups in total. The Morgan fingerprint density at radius 1 is 1.44 bits per heavy atom. The van der Waals surface area contributed by atoms with Crippen molar-refractivity contribution in [2.75, 3.05) is 0 Å². The van der Waals surface area contributed by atoms with Gasteiger partial charge in [-0.2, -0.15) is 9.78 Å². The maximum absolute atomic E-state index is 12.2. The van der Waals surface area contributed by atoms with Gasteiger partial charge in [0.05, 0.1) is 13.1 Å². The molecule has 0 spiro atoms. The molecule has 0 bridgehead atoms. The first-order valence-corrected chi connectivity index (χ1v) is 8.14. The van der Waals surface area contributed by atoms with Crippen LogP contribution >= 0.6 is 0 Å². The summed E-state index contributed by atoms with van der Waals surface area (Å²) in [5.74, 6) is 0.972. The van der Waals surface area contributed by atoms with E-state index in [9.17, 15) is 4.79 Å². The number of rotatable bonds is 4. The summed E-state index contributed by atoms with van der Waals surface area (Å²) < 4.78 is 5.17. The number of hydrogen-bond donors (Lipinski definition) is 1. The Hall–Kier alpha value is -3.10. The van der Waals surface area contributed by atoms with E-state index in [1.165, 1.54) is 10.4 Å². The molecule has 9 nitrogen and oxygen atoms in total. The van der Waals surface area contributed by atoms with Crippen molar-refractivity contribution in [2.24, 2.45) is 7.05 Å². The maximum Gasteiger partial charge on any atom is 0.293 e. The average Bonchev–Trinajstić information content (AvgIpc) is 3.34. The molecule has 9 heteroatoms. The Labute approximate surface area is 143 Å². The van der Waals surface area contributed by atoms with Crippen molar-refractivity contribution in [2.45, 2.75) is 32.2 Å². The van der Waals surface area contributed by atoms with Gasteiger partial charge in [0.25, 0.3) is 11.7 Å². The molecule has 1 aliphatic rings. The quantitative estimate of drug-likeness (QED) is 0.761. The first-order chi connectivity index (χ1) is 12.1. The highest BCUT2D eigenvalue weighted by molar-refractivity contribution is 5.90. The third kappa shape index (κ3) is 2.88. The van der Waals surface area contributed by atoms with Gasteiger partial charge in [-0.1, -0.05) is 24.2 Å². The molecular weight excluding hydrogens is 322 g/mol. The van der Waals surface area contributed by atoms with Gasteiger partial charge in [0.15, 0.2) is 0 Å². The van der Waals surface area contributed by atoms with Gasteiger partial charge in [-0.15, -0.1) is 10.2 Å². The van der Waals surface area contributed by atoms with E-state index >= 15 is 0 Å². The van der Waals surface area contributed by atoms with Gasteiger partial charge in [0, 0.05) is 12.0 Å². The molecule has 1 atom stereocenters. The highest BCUT2D eigenvalue weighted by Gasteiger charge is 2.26. The van der Waals surface area contributed by atoms with Gasteiger partial charge in [-0.05, 0) is 35.2 Å². The monoisotopic (exact) mass is 339 g/mol. The van der Waals surface area contributed by atoms with Crippen LogP contribution in [0, 0.1) is 0 Å². The molecule has 0 fully saturated rings. The molecule has 0 radical (unpaired) electrons. The normalized spacial score (nSPS) is 16.0. The Bertz CT molecular complexity index is 930. The maximum atomic E-state index is 12.2. The summed E-state index contributed by atoms with van der Waals surface area (Å²) >= 11 is 0. The third-order valence-corrected chi connectivity index (χ3v) is 4.27. The molecule has 128 valence electrons. The summed E-state index contributed by atoms with van der Waals surface area (Å²) in [7, 11) is 1.62. The van der Waals surface area contributed by atoms with Crippen molar-refractivity contribution in [3.63, 3.8) is 0 Å². The number of nitrogens with zero attached hydrogens (tertiary/aromatic N) is 6. The van der Waals surface area contributed by atoms with Crippen molar-refractivity contribution in [1.82, 2.24) is 35.7 Å². The van der Waals surface area contributed by atoms with Gasteiger partial charge in [-0.25, -0.2) is 0 Å². The standard InChI is InChI=1S/C16H17N7O2/c1-3-13-18-14(21-25-13)10-4-6-11-9(8-10)5-7-12(11)17-16(24)15-19-22-23(2)20-15/h4,6,8,12H,3,5,7H2,1-2H3,(H,17,24). The summed E-state index contributed by atoms with van der Waals surface area (Å²) in [6.45, 7) is 1.97. The zero-order chi connectivity index (χ0) is 17.4. The number of aromatic nitrogens is 6. The summed E-state index contributed by atoms with van der Waals surface area (Å²) in [5, 5.41) is 18.3. The molecular formula is C16H17N7O2. The molecule has 1 aromatic carbocycles. The van der Waals surface area contributed by atoms with Gasteiger partial charge in [-0.3, -0.25) is 4.79 Å². The molecule has 0 saturated carbocycles. The molecule has 1 unspecified atom stereocenters. The zero-order valence-corrected chi connectivity index (χ0v) is 13.9. The van der Waals surface area contributed by atoms with Crippen LogP contribution in [0.1, 0.15) is 47.0 Å². The smallest absolute Gasteiger partial charge is 0.293 e. The van der Waals surface area contributed by atoms with E-state index in [1.54, 1.807) is 7.05 Å². The van der Waals surface area contributed by atoms with Gasteiger partial charge in [0.1, 0.15) is 0 Å². The second kappa shape index (κ2) is 6.08. The second-order valence-corrected chi connectivity index (χ2v) is 5.95. The van der Waals surface area contributed by atoms with E-state index in [2.05, 4.69) is 36.9 Å². The molecule has 0 aliphatic heterocycles. The number of carbonyl (C=O) groups excluding carboxylic acids is 1. The lowest BCUT2D eigenvalue weighted by Gasteiger charge is -2.12. The molecule has 1 amide bonds. The van der Waals surface area contributed by atoms with Gasteiger partial charge >= 0.3 is 0 Å². The number of aryl methyl sites for hydroxylation is 3.